The van der Waals surface area contributed by atoms with E-state index in [1.165, 1.54) is 0 Å². The Labute approximate surface area is 172 Å². The molecule has 0 nitrogen and oxygen atoms in total. The molecule has 0 saturated heterocycles. The largest absolute Gasteiger partial charge is 1.00 e. The molecule has 1 radical (unpaired) electrons. The maximum Gasteiger partial charge on any atom is 1.00 e. The summed E-state index contributed by atoms with van der Waals surface area (Å²) in [6.07, 6.45) is 0. The average Bonchev–Trinajstić information content (AvgIpc) is 0. The van der Waals surface area contributed by atoms with Crippen molar-refractivity contribution in [1.29, 1.82) is 0 Å². The van der Waals surface area contributed by atoms with Gasteiger partial charge in [0.25, 0.3) is 0 Å². The summed E-state index contributed by atoms with van der Waals surface area (Å²) in [5.74, 6) is 0. The minimum atomic E-state index is 0. The Hall–Kier alpha value is 5.56. The maximum absolute atomic E-state index is 0. The van der Waals surface area contributed by atoms with Crippen molar-refractivity contribution in [3.63, 3.8) is 0 Å². The van der Waals surface area contributed by atoms with Gasteiger partial charge in [-0.3, -0.25) is 0 Å². The third-order valence-corrected chi connectivity index (χ3v) is 0. The van der Waals surface area contributed by atoms with Crippen molar-refractivity contribution >= 4 is 0 Å². The van der Waals surface area contributed by atoms with Crippen molar-refractivity contribution in [2.45, 2.75) is 0 Å². The molecule has 0 spiro atoms. The van der Waals surface area contributed by atoms with Crippen LogP contribution in [0.15, 0.2) is 0 Å². The van der Waals surface area contributed by atoms with Gasteiger partial charge in [0.15, 0.2) is 0 Å². The molecule has 0 aliphatic heterocycles. The zero-order valence-corrected chi connectivity index (χ0v) is 15.1. The first-order chi connectivity index (χ1) is 0. The van der Waals surface area contributed by atoms with E-state index in [4.69, 9.17) is 0 Å². The summed E-state index contributed by atoms with van der Waals surface area (Å²) in [7, 11) is 0. The standard InChI is InChI=1S/Ir.3K.3H/q;3*+1;3*-1. The number of hydrogen-bond acceptors (Lipinski definition) is 0. The second-order valence-electron chi connectivity index (χ2n) is 0. The number of rotatable bonds is 0. The van der Waals surface area contributed by atoms with Gasteiger partial charge in [0.05, 0.1) is 0 Å². The summed E-state index contributed by atoms with van der Waals surface area (Å²) < 4.78 is 0. The van der Waals surface area contributed by atoms with Crippen LogP contribution in [0.5, 0.6) is 0 Å². The molecule has 0 aromatic heterocycles. The third kappa shape index (κ3) is 10.5. The zero-order chi connectivity index (χ0) is 0. The van der Waals surface area contributed by atoms with Crippen LogP contribution in [0.4, 0.5) is 0 Å². The fourth-order valence-corrected chi connectivity index (χ4v) is 0. The quantitative estimate of drug-likeness (QED) is 0.390. The monoisotopic (exact) mass is 313 g/mol. The molecule has 0 N–H and O–H groups in total. The van der Waals surface area contributed by atoms with Crippen LogP contribution in [0, 0.1) is 0 Å². The van der Waals surface area contributed by atoms with E-state index in [0.29, 0.717) is 0 Å². The Balaban J connectivity index is 0. The normalized spacial score (nSPS) is 0. The van der Waals surface area contributed by atoms with Crippen molar-refractivity contribution in [2.75, 3.05) is 0 Å². The minimum Gasteiger partial charge on any atom is -1.00 e. The topological polar surface area (TPSA) is 0 Å². The summed E-state index contributed by atoms with van der Waals surface area (Å²) in [6.45, 7) is 0. The summed E-state index contributed by atoms with van der Waals surface area (Å²) in [5, 5.41) is 0. The molecule has 0 aliphatic carbocycles. The van der Waals surface area contributed by atoms with Crippen molar-refractivity contribution in [1.82, 2.24) is 0 Å². The van der Waals surface area contributed by atoms with Crippen LogP contribution in [0.1, 0.15) is 4.28 Å². The first-order valence-electron chi connectivity index (χ1n) is 0. The van der Waals surface area contributed by atoms with Gasteiger partial charge in [-0.1, -0.05) is 0 Å². The molecule has 0 saturated carbocycles. The van der Waals surface area contributed by atoms with Gasteiger partial charge in [0.2, 0.25) is 0 Å². The van der Waals surface area contributed by atoms with Crippen molar-refractivity contribution in [2.24, 2.45) is 0 Å². The molecule has 0 amide bonds. The van der Waals surface area contributed by atoms with Crippen molar-refractivity contribution < 1.29 is 179 Å². The molecule has 0 unspecified atom stereocenters. The van der Waals surface area contributed by atoms with Crippen LogP contribution in [-0.2, 0) is 20.1 Å². The smallest absolute Gasteiger partial charge is 1.00 e. The molecular weight excluding hydrogens is 310 g/mol. The molecule has 15 valence electrons. The molecule has 0 rings (SSSR count). The van der Waals surface area contributed by atoms with Gasteiger partial charge >= 0.3 is 154 Å². The molecular formula is H3IrK3. The van der Waals surface area contributed by atoms with E-state index in [9.17, 15) is 0 Å². The Morgan fingerprint density at radius 1 is 0.750 bits per heavy atom. The van der Waals surface area contributed by atoms with E-state index in [2.05, 4.69) is 0 Å². The van der Waals surface area contributed by atoms with Crippen molar-refractivity contribution in [3.8, 4) is 0 Å². The first kappa shape index (κ1) is 22.7. The second kappa shape index (κ2) is 15.8. The van der Waals surface area contributed by atoms with Crippen LogP contribution < -0.4 is 154 Å². The second-order valence-corrected chi connectivity index (χ2v) is 0. The van der Waals surface area contributed by atoms with Gasteiger partial charge in [0, 0.05) is 20.1 Å². The van der Waals surface area contributed by atoms with Crippen molar-refractivity contribution in [3.05, 3.63) is 0 Å². The molecule has 0 heterocycles. The molecule has 0 bridgehead atoms. The fraction of sp³-hybridized carbons (Fsp3) is 0. The molecule has 4 heavy (non-hydrogen) atoms. The maximum atomic E-state index is 0. The first-order valence-corrected chi connectivity index (χ1v) is 0. The van der Waals surface area contributed by atoms with Gasteiger partial charge in [-0.05, 0) is 0 Å². The Kier molecular flexibility index (Phi) is 89.7. The summed E-state index contributed by atoms with van der Waals surface area (Å²) in [6, 6.07) is 0. The number of hydrogen-bond donors (Lipinski definition) is 0. The van der Waals surface area contributed by atoms with Crippen LogP contribution in [0.3, 0.4) is 0 Å². The molecule has 0 aromatic rings. The van der Waals surface area contributed by atoms with Gasteiger partial charge in [0.1, 0.15) is 0 Å². The van der Waals surface area contributed by atoms with Crippen LogP contribution in [0.2, 0.25) is 0 Å². The van der Waals surface area contributed by atoms with E-state index in [1.807, 2.05) is 0 Å². The summed E-state index contributed by atoms with van der Waals surface area (Å²) in [4.78, 5) is 0. The van der Waals surface area contributed by atoms with Crippen LogP contribution in [-0.4, -0.2) is 0 Å². The van der Waals surface area contributed by atoms with Crippen LogP contribution >= 0.6 is 0 Å². The zero-order valence-electron chi connectivity index (χ0n) is 6.33. The van der Waals surface area contributed by atoms with Gasteiger partial charge in [-0.2, -0.15) is 0 Å². The molecule has 0 atom stereocenters. The SMILES string of the molecule is [H-].[H-].[H-].[Ir].[K+].[K+].[K+]. The third-order valence-electron chi connectivity index (χ3n) is 0. The predicted octanol–water partition coefficient (Wildman–Crippen LogP) is -8.65. The molecule has 0 aliphatic rings. The average molecular weight is 313 g/mol. The van der Waals surface area contributed by atoms with E-state index >= 15 is 0 Å². The van der Waals surface area contributed by atoms with Gasteiger partial charge in [-0.25, -0.2) is 0 Å². The summed E-state index contributed by atoms with van der Waals surface area (Å²) in [5.41, 5.74) is 0. The van der Waals surface area contributed by atoms with E-state index in [-0.39, 0.29) is 179 Å². The fourth-order valence-electron chi connectivity index (χ4n) is 0. The molecule has 0 aromatic carbocycles. The van der Waals surface area contributed by atoms with Crippen LogP contribution in [0.25, 0.3) is 0 Å². The molecule has 0 fully saturated rings. The van der Waals surface area contributed by atoms with Gasteiger partial charge in [-0.15, -0.1) is 0 Å². The predicted molar refractivity (Wildman–Crippen MR) is 3.34 cm³/mol. The van der Waals surface area contributed by atoms with E-state index in [0.717, 1.165) is 0 Å². The Bertz CT molecular complexity index is 10.1. The Morgan fingerprint density at radius 3 is 0.750 bits per heavy atom. The van der Waals surface area contributed by atoms with Gasteiger partial charge < -0.3 is 4.28 Å². The van der Waals surface area contributed by atoms with E-state index in [1.54, 1.807) is 0 Å². The van der Waals surface area contributed by atoms with E-state index < -0.39 is 0 Å². The summed E-state index contributed by atoms with van der Waals surface area (Å²) >= 11 is 0. The Morgan fingerprint density at radius 2 is 0.750 bits per heavy atom. The minimum absolute atomic E-state index is 0. The molecule has 4 heteroatoms.